The molecule has 0 bridgehead atoms. The number of carbonyl (C=O) groups excluding carboxylic acids is 1. The van der Waals surface area contributed by atoms with Gasteiger partial charge in [-0.3, -0.25) is 14.9 Å². The molecule has 0 aliphatic carbocycles. The summed E-state index contributed by atoms with van der Waals surface area (Å²) in [5, 5.41) is 11.1. The van der Waals surface area contributed by atoms with E-state index in [1.54, 1.807) is 11.0 Å². The summed E-state index contributed by atoms with van der Waals surface area (Å²) < 4.78 is 5.92. The first-order valence-electron chi connectivity index (χ1n) is 8.55. The predicted molar refractivity (Wildman–Crippen MR) is 99.2 cm³/mol. The van der Waals surface area contributed by atoms with Crippen molar-refractivity contribution in [1.82, 2.24) is 14.9 Å². The van der Waals surface area contributed by atoms with Gasteiger partial charge >= 0.3 is 0 Å². The Morgan fingerprint density at radius 3 is 2.59 bits per heavy atom. The lowest BCUT2D eigenvalue weighted by molar-refractivity contribution is -0.384. The highest BCUT2D eigenvalue weighted by Gasteiger charge is 2.27. The van der Waals surface area contributed by atoms with Crippen LogP contribution in [-0.2, 0) is 0 Å². The number of amides is 1. The Labute approximate surface area is 161 Å². The lowest BCUT2D eigenvalue weighted by atomic mass is 10.1. The van der Waals surface area contributed by atoms with E-state index in [0.717, 1.165) is 5.69 Å². The van der Waals surface area contributed by atoms with Gasteiger partial charge in [0, 0.05) is 49.8 Å². The second-order valence-corrected chi connectivity index (χ2v) is 6.83. The van der Waals surface area contributed by atoms with Gasteiger partial charge in [-0.15, -0.1) is 0 Å². The third kappa shape index (κ3) is 4.51. The summed E-state index contributed by atoms with van der Waals surface area (Å²) in [6, 6.07) is 5.67. The number of hydrogen-bond acceptors (Lipinski definition) is 6. The lowest BCUT2D eigenvalue weighted by Crippen LogP contribution is -2.42. The van der Waals surface area contributed by atoms with Gasteiger partial charge < -0.3 is 9.64 Å². The van der Waals surface area contributed by atoms with E-state index < -0.39 is 4.92 Å². The van der Waals surface area contributed by atoms with E-state index in [-0.39, 0.29) is 28.3 Å². The van der Waals surface area contributed by atoms with Crippen LogP contribution in [0.15, 0.2) is 24.3 Å². The van der Waals surface area contributed by atoms with Crippen LogP contribution >= 0.6 is 11.6 Å². The van der Waals surface area contributed by atoms with Crippen molar-refractivity contribution in [3.05, 3.63) is 56.5 Å². The Kier molecular flexibility index (Phi) is 5.55. The molecule has 9 heteroatoms. The maximum absolute atomic E-state index is 12.7. The second-order valence-electron chi connectivity index (χ2n) is 6.43. The van der Waals surface area contributed by atoms with Gasteiger partial charge in [0.15, 0.2) is 0 Å². The molecular formula is C18H19ClN4O4. The zero-order valence-electron chi connectivity index (χ0n) is 15.0. The smallest absolute Gasteiger partial charge is 0.270 e. The number of aryl methyl sites for hydroxylation is 2. The first-order chi connectivity index (χ1) is 12.8. The monoisotopic (exact) mass is 390 g/mol. The fourth-order valence-corrected chi connectivity index (χ4v) is 3.25. The molecule has 1 saturated heterocycles. The van der Waals surface area contributed by atoms with Crippen molar-refractivity contribution in [2.45, 2.75) is 32.8 Å². The van der Waals surface area contributed by atoms with E-state index in [9.17, 15) is 14.9 Å². The minimum atomic E-state index is -0.543. The van der Waals surface area contributed by atoms with Crippen LogP contribution in [0.25, 0.3) is 0 Å². The fourth-order valence-electron chi connectivity index (χ4n) is 3.05. The van der Waals surface area contributed by atoms with Crippen molar-refractivity contribution >= 4 is 23.2 Å². The highest BCUT2D eigenvalue weighted by Crippen LogP contribution is 2.25. The van der Waals surface area contributed by atoms with E-state index in [0.29, 0.717) is 37.6 Å². The number of carbonyl (C=O) groups is 1. The molecule has 8 nitrogen and oxygen atoms in total. The van der Waals surface area contributed by atoms with Crippen molar-refractivity contribution in [3.63, 3.8) is 0 Å². The van der Waals surface area contributed by atoms with Crippen molar-refractivity contribution in [2.24, 2.45) is 0 Å². The van der Waals surface area contributed by atoms with Crippen LogP contribution in [0.4, 0.5) is 5.69 Å². The van der Waals surface area contributed by atoms with Crippen LogP contribution in [0, 0.1) is 24.0 Å². The molecule has 0 radical (unpaired) electrons. The highest BCUT2D eigenvalue weighted by atomic mass is 35.5. The molecule has 27 heavy (non-hydrogen) atoms. The maximum Gasteiger partial charge on any atom is 0.270 e. The van der Waals surface area contributed by atoms with Gasteiger partial charge in [0.2, 0.25) is 5.88 Å². The molecule has 1 aliphatic heterocycles. The van der Waals surface area contributed by atoms with E-state index >= 15 is 0 Å². The first kappa shape index (κ1) is 19.0. The molecule has 1 fully saturated rings. The van der Waals surface area contributed by atoms with Crippen LogP contribution in [-0.4, -0.2) is 44.9 Å². The number of nitrogens with zero attached hydrogens (tertiary/aromatic N) is 4. The first-order valence-corrected chi connectivity index (χ1v) is 8.93. The minimum Gasteiger partial charge on any atom is -0.474 e. The van der Waals surface area contributed by atoms with Crippen molar-refractivity contribution in [1.29, 1.82) is 0 Å². The number of rotatable bonds is 4. The molecule has 0 atom stereocenters. The molecule has 0 saturated carbocycles. The quantitative estimate of drug-likeness (QED) is 0.586. The highest BCUT2D eigenvalue weighted by molar-refractivity contribution is 6.33. The molecule has 1 aromatic carbocycles. The summed E-state index contributed by atoms with van der Waals surface area (Å²) in [7, 11) is 0. The summed E-state index contributed by atoms with van der Waals surface area (Å²) in [4.78, 5) is 33.2. The molecule has 0 N–H and O–H groups in total. The summed E-state index contributed by atoms with van der Waals surface area (Å²) in [6.07, 6.45) is 1.23. The fraction of sp³-hybridized carbons (Fsp3) is 0.389. The zero-order valence-corrected chi connectivity index (χ0v) is 15.8. The molecule has 1 amide bonds. The van der Waals surface area contributed by atoms with Crippen molar-refractivity contribution in [3.8, 4) is 5.88 Å². The van der Waals surface area contributed by atoms with Gasteiger partial charge in [-0.2, -0.15) is 4.98 Å². The van der Waals surface area contributed by atoms with Crippen LogP contribution in [0.5, 0.6) is 5.88 Å². The topological polar surface area (TPSA) is 98.5 Å². The van der Waals surface area contributed by atoms with Crippen molar-refractivity contribution in [2.75, 3.05) is 13.1 Å². The number of benzene rings is 1. The second kappa shape index (κ2) is 7.87. The molecule has 1 aliphatic rings. The average Bonchev–Trinajstić information content (AvgIpc) is 2.61. The zero-order chi connectivity index (χ0) is 19.6. The summed E-state index contributed by atoms with van der Waals surface area (Å²) in [6.45, 7) is 4.65. The van der Waals surface area contributed by atoms with Crippen LogP contribution < -0.4 is 4.74 Å². The normalized spacial score (nSPS) is 14.9. The number of likely N-dealkylation sites (tertiary alicyclic amines) is 1. The molecule has 3 rings (SSSR count). The molecular weight excluding hydrogens is 372 g/mol. The molecule has 2 heterocycles. The van der Waals surface area contributed by atoms with E-state index in [4.69, 9.17) is 16.3 Å². The maximum atomic E-state index is 12.7. The molecule has 0 unspecified atom stereocenters. The molecule has 142 valence electrons. The largest absolute Gasteiger partial charge is 0.474 e. The van der Waals surface area contributed by atoms with Crippen LogP contribution in [0.1, 0.15) is 34.7 Å². The Morgan fingerprint density at radius 1 is 1.26 bits per heavy atom. The number of nitro benzene ring substituents is 1. The van der Waals surface area contributed by atoms with E-state index in [1.165, 1.54) is 18.2 Å². The Hall–Kier alpha value is -2.74. The lowest BCUT2D eigenvalue weighted by Gasteiger charge is -2.32. The molecule has 0 spiro atoms. The predicted octanol–water partition coefficient (Wildman–Crippen LogP) is 3.34. The third-order valence-corrected chi connectivity index (χ3v) is 4.68. The number of non-ortho nitro benzene ring substituents is 1. The van der Waals surface area contributed by atoms with Gasteiger partial charge in [-0.25, -0.2) is 4.98 Å². The number of halogens is 1. The Morgan fingerprint density at radius 2 is 1.96 bits per heavy atom. The molecule has 1 aromatic heterocycles. The Balaban J connectivity index is 1.64. The van der Waals surface area contributed by atoms with Crippen molar-refractivity contribution < 1.29 is 14.5 Å². The van der Waals surface area contributed by atoms with Crippen LogP contribution in [0.2, 0.25) is 5.02 Å². The van der Waals surface area contributed by atoms with Crippen LogP contribution in [0.3, 0.4) is 0 Å². The van der Waals surface area contributed by atoms with Gasteiger partial charge in [-0.1, -0.05) is 11.6 Å². The standard InChI is InChI=1S/C18H19ClN4O4/c1-11-9-17(21-12(2)20-11)27-14-5-7-22(8-6-14)18(24)15-10-13(23(25)26)3-4-16(15)19/h3-4,9-10,14H,5-8H2,1-2H3. The average molecular weight is 391 g/mol. The third-order valence-electron chi connectivity index (χ3n) is 4.35. The van der Waals surface area contributed by atoms with Gasteiger partial charge in [0.1, 0.15) is 11.9 Å². The summed E-state index contributed by atoms with van der Waals surface area (Å²) in [5.74, 6) is 0.875. The number of hydrogen-bond donors (Lipinski definition) is 0. The minimum absolute atomic E-state index is 0.0525. The summed E-state index contributed by atoms with van der Waals surface area (Å²) in [5.41, 5.74) is 0.827. The number of nitro groups is 1. The number of ether oxygens (including phenoxy) is 1. The number of aromatic nitrogens is 2. The van der Waals surface area contributed by atoms with E-state index in [1.807, 2.05) is 13.8 Å². The Bertz CT molecular complexity index is 861. The molecule has 2 aromatic rings. The van der Waals surface area contributed by atoms with Gasteiger partial charge in [0.25, 0.3) is 11.6 Å². The number of piperidine rings is 1. The van der Waals surface area contributed by atoms with E-state index in [2.05, 4.69) is 9.97 Å². The van der Waals surface area contributed by atoms with Gasteiger partial charge in [-0.05, 0) is 19.9 Å². The van der Waals surface area contributed by atoms with Gasteiger partial charge in [0.05, 0.1) is 15.5 Å². The summed E-state index contributed by atoms with van der Waals surface area (Å²) >= 11 is 6.07. The SMILES string of the molecule is Cc1cc(OC2CCN(C(=O)c3cc([N+](=O)[O-])ccc3Cl)CC2)nc(C)n1.